The fraction of sp³-hybridized carbons (Fsp3) is 0.909. The Kier molecular flexibility index (Phi) is 4.54. The van der Waals surface area contributed by atoms with E-state index in [0.29, 0.717) is 18.6 Å². The van der Waals surface area contributed by atoms with Crippen molar-refractivity contribution in [2.24, 2.45) is 5.92 Å². The molecule has 1 fully saturated rings. The van der Waals surface area contributed by atoms with Crippen LogP contribution in [0.25, 0.3) is 0 Å². The number of hydrazine groups is 1. The summed E-state index contributed by atoms with van der Waals surface area (Å²) in [6.45, 7) is 6.76. The van der Waals surface area contributed by atoms with Crippen molar-refractivity contribution in [1.29, 1.82) is 0 Å². The Morgan fingerprint density at radius 3 is 2.60 bits per heavy atom. The van der Waals surface area contributed by atoms with Crippen molar-refractivity contribution >= 4 is 5.97 Å². The fourth-order valence-electron chi connectivity index (χ4n) is 2.21. The molecule has 0 saturated carbocycles. The van der Waals surface area contributed by atoms with E-state index in [1.165, 1.54) is 0 Å². The van der Waals surface area contributed by atoms with Gasteiger partial charge in [-0.1, -0.05) is 20.8 Å². The van der Waals surface area contributed by atoms with Crippen molar-refractivity contribution in [3.8, 4) is 0 Å². The lowest BCUT2D eigenvalue weighted by Gasteiger charge is -2.19. The van der Waals surface area contributed by atoms with E-state index < -0.39 is 0 Å². The van der Waals surface area contributed by atoms with Crippen LogP contribution in [0.3, 0.4) is 0 Å². The zero-order valence-corrected chi connectivity index (χ0v) is 10.1. The van der Waals surface area contributed by atoms with Crippen LogP contribution in [0, 0.1) is 5.92 Å². The van der Waals surface area contributed by atoms with E-state index in [1.807, 2.05) is 19.0 Å². The van der Waals surface area contributed by atoms with Crippen LogP contribution in [0.15, 0.2) is 0 Å². The second-order valence-electron chi connectivity index (χ2n) is 4.22. The molecule has 1 saturated heterocycles. The highest BCUT2D eigenvalue weighted by atomic mass is 16.5. The maximum Gasteiger partial charge on any atom is 0.324 e. The van der Waals surface area contributed by atoms with Crippen molar-refractivity contribution < 1.29 is 9.53 Å². The SMILES string of the molecule is CCCOC(=O)C1NN(C)C(CC)C1C. The van der Waals surface area contributed by atoms with Crippen LogP contribution < -0.4 is 5.43 Å². The average Bonchev–Trinajstić information content (AvgIpc) is 2.50. The molecule has 0 aromatic heterocycles. The average molecular weight is 214 g/mol. The Balaban J connectivity index is 2.53. The van der Waals surface area contributed by atoms with Crippen LogP contribution in [-0.4, -0.2) is 36.7 Å². The molecular weight excluding hydrogens is 192 g/mol. The maximum absolute atomic E-state index is 11.7. The van der Waals surface area contributed by atoms with Gasteiger partial charge in [-0.2, -0.15) is 0 Å². The summed E-state index contributed by atoms with van der Waals surface area (Å²) in [5.74, 6) is 0.191. The van der Waals surface area contributed by atoms with Gasteiger partial charge in [0, 0.05) is 19.0 Å². The fourth-order valence-corrected chi connectivity index (χ4v) is 2.21. The first kappa shape index (κ1) is 12.5. The van der Waals surface area contributed by atoms with Gasteiger partial charge in [0.1, 0.15) is 6.04 Å². The monoisotopic (exact) mass is 214 g/mol. The number of carbonyl (C=O) groups is 1. The molecule has 15 heavy (non-hydrogen) atoms. The number of ether oxygens (including phenoxy) is 1. The minimum atomic E-state index is -0.175. The highest BCUT2D eigenvalue weighted by Crippen LogP contribution is 2.23. The molecular formula is C11H22N2O2. The number of hydrogen-bond donors (Lipinski definition) is 1. The van der Waals surface area contributed by atoms with E-state index >= 15 is 0 Å². The molecule has 1 aliphatic rings. The minimum Gasteiger partial charge on any atom is -0.464 e. The van der Waals surface area contributed by atoms with Gasteiger partial charge in [-0.3, -0.25) is 4.79 Å². The van der Waals surface area contributed by atoms with Gasteiger partial charge in [-0.25, -0.2) is 10.4 Å². The van der Waals surface area contributed by atoms with Gasteiger partial charge in [-0.05, 0) is 12.8 Å². The lowest BCUT2D eigenvalue weighted by atomic mass is 9.94. The van der Waals surface area contributed by atoms with E-state index in [-0.39, 0.29) is 12.0 Å². The summed E-state index contributed by atoms with van der Waals surface area (Å²) in [5, 5.41) is 2.03. The maximum atomic E-state index is 11.7. The standard InChI is InChI=1S/C11H22N2O2/c1-5-7-15-11(14)10-8(3)9(6-2)13(4)12-10/h8-10,12H,5-7H2,1-4H3. The summed E-state index contributed by atoms with van der Waals surface area (Å²) in [5.41, 5.74) is 3.17. The van der Waals surface area contributed by atoms with Gasteiger partial charge in [0.15, 0.2) is 0 Å². The zero-order valence-electron chi connectivity index (χ0n) is 10.1. The number of esters is 1. The van der Waals surface area contributed by atoms with Crippen LogP contribution >= 0.6 is 0 Å². The zero-order chi connectivity index (χ0) is 11.4. The Hall–Kier alpha value is -0.610. The normalized spacial score (nSPS) is 31.9. The first-order chi connectivity index (χ1) is 7.11. The second-order valence-corrected chi connectivity index (χ2v) is 4.22. The molecule has 1 rings (SSSR count). The third kappa shape index (κ3) is 2.69. The molecule has 0 aromatic carbocycles. The summed E-state index contributed by atoms with van der Waals surface area (Å²) in [6.07, 6.45) is 1.92. The van der Waals surface area contributed by atoms with Crippen molar-refractivity contribution in [3.63, 3.8) is 0 Å². The molecule has 0 spiro atoms. The van der Waals surface area contributed by atoms with Crippen molar-refractivity contribution in [3.05, 3.63) is 0 Å². The highest BCUT2D eigenvalue weighted by molar-refractivity contribution is 5.76. The quantitative estimate of drug-likeness (QED) is 0.713. The van der Waals surface area contributed by atoms with E-state index in [2.05, 4.69) is 19.3 Å². The minimum absolute atomic E-state index is 0.118. The molecule has 0 bridgehead atoms. The molecule has 88 valence electrons. The topological polar surface area (TPSA) is 41.6 Å². The third-order valence-electron chi connectivity index (χ3n) is 3.09. The predicted octanol–water partition coefficient (Wildman–Crippen LogP) is 1.17. The largest absolute Gasteiger partial charge is 0.464 e. The number of nitrogens with one attached hydrogen (secondary N) is 1. The van der Waals surface area contributed by atoms with Crippen LogP contribution in [-0.2, 0) is 9.53 Å². The Morgan fingerprint density at radius 2 is 2.13 bits per heavy atom. The third-order valence-corrected chi connectivity index (χ3v) is 3.09. The summed E-state index contributed by atoms with van der Waals surface area (Å²) in [4.78, 5) is 11.7. The molecule has 0 amide bonds. The van der Waals surface area contributed by atoms with E-state index in [1.54, 1.807) is 0 Å². The summed E-state index contributed by atoms with van der Waals surface area (Å²) >= 11 is 0. The molecule has 1 heterocycles. The molecule has 4 heteroatoms. The lowest BCUT2D eigenvalue weighted by molar-refractivity contribution is -0.147. The van der Waals surface area contributed by atoms with Gasteiger partial charge in [0.05, 0.1) is 6.61 Å². The summed E-state index contributed by atoms with van der Waals surface area (Å²) in [6, 6.07) is 0.246. The van der Waals surface area contributed by atoms with Crippen LogP contribution in [0.5, 0.6) is 0 Å². The lowest BCUT2D eigenvalue weighted by Crippen LogP contribution is -2.40. The molecule has 1 aliphatic heterocycles. The molecule has 0 aromatic rings. The number of nitrogens with zero attached hydrogens (tertiary/aromatic N) is 1. The number of carbonyl (C=O) groups excluding carboxylic acids is 1. The van der Waals surface area contributed by atoms with Crippen LogP contribution in [0.1, 0.15) is 33.6 Å². The van der Waals surface area contributed by atoms with E-state index in [9.17, 15) is 4.79 Å². The highest BCUT2D eigenvalue weighted by Gasteiger charge is 2.40. The molecule has 4 nitrogen and oxygen atoms in total. The first-order valence-corrected chi connectivity index (χ1v) is 5.77. The van der Waals surface area contributed by atoms with Gasteiger partial charge in [0.2, 0.25) is 0 Å². The first-order valence-electron chi connectivity index (χ1n) is 5.77. The van der Waals surface area contributed by atoms with Crippen molar-refractivity contribution in [2.45, 2.75) is 45.7 Å². The molecule has 3 atom stereocenters. The number of hydrogen-bond acceptors (Lipinski definition) is 4. The van der Waals surface area contributed by atoms with E-state index in [0.717, 1.165) is 12.8 Å². The predicted molar refractivity (Wildman–Crippen MR) is 59.2 cm³/mol. The van der Waals surface area contributed by atoms with Gasteiger partial charge in [-0.15, -0.1) is 0 Å². The Morgan fingerprint density at radius 1 is 1.47 bits per heavy atom. The summed E-state index contributed by atoms with van der Waals surface area (Å²) < 4.78 is 5.16. The van der Waals surface area contributed by atoms with Crippen molar-refractivity contribution in [1.82, 2.24) is 10.4 Å². The van der Waals surface area contributed by atoms with Gasteiger partial charge >= 0.3 is 5.97 Å². The van der Waals surface area contributed by atoms with Crippen molar-refractivity contribution in [2.75, 3.05) is 13.7 Å². The summed E-state index contributed by atoms with van der Waals surface area (Å²) in [7, 11) is 1.98. The molecule has 0 radical (unpaired) electrons. The van der Waals surface area contributed by atoms with E-state index in [4.69, 9.17) is 4.74 Å². The van der Waals surface area contributed by atoms with Gasteiger partial charge in [0.25, 0.3) is 0 Å². The molecule has 1 N–H and O–H groups in total. The second kappa shape index (κ2) is 5.47. The Labute approximate surface area is 91.9 Å². The smallest absolute Gasteiger partial charge is 0.324 e. The Bertz CT molecular complexity index is 221. The van der Waals surface area contributed by atoms with Gasteiger partial charge < -0.3 is 4.74 Å². The molecule has 3 unspecified atom stereocenters. The molecule has 0 aliphatic carbocycles. The van der Waals surface area contributed by atoms with Crippen LogP contribution in [0.2, 0.25) is 0 Å². The van der Waals surface area contributed by atoms with Crippen LogP contribution in [0.4, 0.5) is 0 Å². The number of rotatable bonds is 4.